The maximum atomic E-state index is 11.1. The van der Waals surface area contributed by atoms with Gasteiger partial charge in [0, 0.05) is 39.8 Å². The maximum absolute atomic E-state index is 11.1. The van der Waals surface area contributed by atoms with Gasteiger partial charge in [0.2, 0.25) is 0 Å². The van der Waals surface area contributed by atoms with Gasteiger partial charge in [-0.3, -0.25) is 0 Å². The van der Waals surface area contributed by atoms with E-state index in [1.807, 2.05) is 12.1 Å². The first-order valence-corrected chi connectivity index (χ1v) is 16.9. The molecule has 0 spiro atoms. The Balaban J connectivity index is 0.910. The van der Waals surface area contributed by atoms with Crippen molar-refractivity contribution in [1.29, 1.82) is 0 Å². The number of phenolic OH excluding ortho intramolecular Hbond substituents is 2. The lowest BCUT2D eigenvalue weighted by molar-refractivity contribution is -0.0669. The first-order chi connectivity index (χ1) is 19.3. The summed E-state index contributed by atoms with van der Waals surface area (Å²) >= 11 is 3.46. The molecule has 214 valence electrons. The van der Waals surface area contributed by atoms with E-state index in [9.17, 15) is 10.2 Å². The molecule has 0 amide bonds. The Bertz CT molecular complexity index is 1240. The van der Waals surface area contributed by atoms with Gasteiger partial charge in [0.25, 0.3) is 0 Å². The van der Waals surface area contributed by atoms with E-state index < -0.39 is 0 Å². The standard InChI is InChI=1S/C35H45BrN2O2/c36-30-4-3-27(33(40)12-30)20-38-35-16-25-8-28(17-35)31(29(9-25)18-35)10-21-1-2-26(32(39)11-21)19-37-34-13-22-5-23(14-34)7-24(6-22)15-34/h1-4,11-12,22-25,28-29,31,37-40H,5-10,13-20H2. The third-order valence-electron chi connectivity index (χ3n) is 12.5. The summed E-state index contributed by atoms with van der Waals surface area (Å²) in [5.74, 6) is 6.78. The number of hydrogen-bond donors (Lipinski definition) is 4. The molecule has 2 aromatic rings. The Hall–Kier alpha value is -1.56. The van der Waals surface area contributed by atoms with Crippen LogP contribution in [0.5, 0.6) is 11.5 Å². The lowest BCUT2D eigenvalue weighted by Crippen LogP contribution is -2.61. The SMILES string of the molecule is Oc1cc(CC2C3CC4CC2CC(NCc2ccc(Br)cc2O)(C4)C3)ccc1CNC12CC3CC(CC(C3)C1)C2. The number of rotatable bonds is 8. The molecule has 0 saturated heterocycles. The molecular formula is C35H45BrN2O2. The molecule has 0 heterocycles. The smallest absolute Gasteiger partial charge is 0.121 e. The zero-order valence-corrected chi connectivity index (χ0v) is 25.3. The van der Waals surface area contributed by atoms with Crippen molar-refractivity contribution in [3.05, 3.63) is 57.6 Å². The molecule has 8 aliphatic rings. The molecule has 0 aromatic heterocycles. The van der Waals surface area contributed by atoms with E-state index in [4.69, 9.17) is 0 Å². The van der Waals surface area contributed by atoms with Crippen molar-refractivity contribution in [2.75, 3.05) is 0 Å². The monoisotopic (exact) mass is 604 g/mol. The second-order valence-corrected chi connectivity index (χ2v) is 16.2. The Morgan fingerprint density at radius 1 is 0.650 bits per heavy atom. The molecule has 0 radical (unpaired) electrons. The first kappa shape index (κ1) is 26.1. The van der Waals surface area contributed by atoms with E-state index in [2.05, 4.69) is 44.8 Å². The molecule has 4 nitrogen and oxygen atoms in total. The molecule has 8 fully saturated rings. The molecule has 10 rings (SSSR count). The highest BCUT2D eigenvalue weighted by molar-refractivity contribution is 9.10. The van der Waals surface area contributed by atoms with Crippen LogP contribution in [0.2, 0.25) is 0 Å². The molecule has 8 bridgehead atoms. The topological polar surface area (TPSA) is 64.5 Å². The average Bonchev–Trinajstić information content (AvgIpc) is 2.89. The van der Waals surface area contributed by atoms with Crippen molar-refractivity contribution < 1.29 is 10.2 Å². The van der Waals surface area contributed by atoms with E-state index in [1.54, 1.807) is 6.07 Å². The highest BCUT2D eigenvalue weighted by Gasteiger charge is 2.55. The highest BCUT2D eigenvalue weighted by atomic mass is 79.9. The zero-order chi connectivity index (χ0) is 27.1. The van der Waals surface area contributed by atoms with Crippen molar-refractivity contribution in [3.8, 4) is 11.5 Å². The molecule has 40 heavy (non-hydrogen) atoms. The van der Waals surface area contributed by atoms with Crippen molar-refractivity contribution in [2.45, 2.75) is 101 Å². The lowest BCUT2D eigenvalue weighted by Gasteiger charge is -2.60. The van der Waals surface area contributed by atoms with Gasteiger partial charge in [-0.2, -0.15) is 0 Å². The van der Waals surface area contributed by atoms with E-state index >= 15 is 0 Å². The molecule has 5 heteroatoms. The molecule has 2 unspecified atom stereocenters. The molecule has 8 aliphatic carbocycles. The maximum Gasteiger partial charge on any atom is 0.121 e. The predicted molar refractivity (Wildman–Crippen MR) is 162 cm³/mol. The van der Waals surface area contributed by atoms with Crippen molar-refractivity contribution in [3.63, 3.8) is 0 Å². The number of aromatic hydroxyl groups is 2. The summed E-state index contributed by atoms with van der Waals surface area (Å²) in [6, 6.07) is 12.5. The van der Waals surface area contributed by atoms with Gasteiger partial charge >= 0.3 is 0 Å². The fourth-order valence-corrected chi connectivity index (χ4v) is 11.8. The number of halogens is 1. The Morgan fingerprint density at radius 2 is 1.15 bits per heavy atom. The molecule has 2 aromatic carbocycles. The van der Waals surface area contributed by atoms with Crippen LogP contribution in [0.25, 0.3) is 0 Å². The molecule has 4 N–H and O–H groups in total. The molecule has 8 saturated carbocycles. The zero-order valence-electron chi connectivity index (χ0n) is 23.7. The summed E-state index contributed by atoms with van der Waals surface area (Å²) in [4.78, 5) is 0. The molecular weight excluding hydrogens is 560 g/mol. The minimum Gasteiger partial charge on any atom is -0.508 e. The number of nitrogens with one attached hydrogen (secondary N) is 2. The van der Waals surface area contributed by atoms with Gasteiger partial charge in [-0.05, 0) is 142 Å². The second kappa shape index (κ2) is 9.74. The van der Waals surface area contributed by atoms with Gasteiger partial charge in [0.15, 0.2) is 0 Å². The van der Waals surface area contributed by atoms with Crippen molar-refractivity contribution >= 4 is 15.9 Å². The quantitative estimate of drug-likeness (QED) is 0.253. The van der Waals surface area contributed by atoms with E-state index in [-0.39, 0.29) is 5.54 Å². The Morgan fingerprint density at radius 3 is 1.70 bits per heavy atom. The summed E-state index contributed by atoms with van der Waals surface area (Å²) < 4.78 is 0.921. The summed E-state index contributed by atoms with van der Waals surface area (Å²) in [5.41, 5.74) is 3.94. The van der Waals surface area contributed by atoms with Gasteiger partial charge in [-0.25, -0.2) is 0 Å². The van der Waals surface area contributed by atoms with Crippen molar-refractivity contribution in [1.82, 2.24) is 10.6 Å². The predicted octanol–water partition coefficient (Wildman–Crippen LogP) is 7.45. The second-order valence-electron chi connectivity index (χ2n) is 15.3. The summed E-state index contributed by atoms with van der Waals surface area (Å²) in [6.07, 6.45) is 16.1. The molecule has 2 atom stereocenters. The summed E-state index contributed by atoms with van der Waals surface area (Å²) in [6.45, 7) is 1.54. The van der Waals surface area contributed by atoms with Crippen molar-refractivity contribution in [2.24, 2.45) is 41.4 Å². The fourth-order valence-electron chi connectivity index (χ4n) is 11.4. The van der Waals surface area contributed by atoms with Crippen LogP contribution in [-0.2, 0) is 19.5 Å². The average molecular weight is 606 g/mol. The third-order valence-corrected chi connectivity index (χ3v) is 13.0. The minimum absolute atomic E-state index is 0.224. The number of hydrogen-bond acceptors (Lipinski definition) is 4. The van der Waals surface area contributed by atoms with E-state index in [1.165, 1.54) is 76.2 Å². The highest BCUT2D eigenvalue weighted by Crippen LogP contribution is 2.59. The largest absolute Gasteiger partial charge is 0.508 e. The van der Waals surface area contributed by atoms with E-state index in [0.29, 0.717) is 17.0 Å². The minimum atomic E-state index is 0.224. The van der Waals surface area contributed by atoms with Gasteiger partial charge < -0.3 is 20.8 Å². The van der Waals surface area contributed by atoms with Crippen LogP contribution >= 0.6 is 15.9 Å². The van der Waals surface area contributed by atoms with Crippen LogP contribution in [0, 0.1) is 41.4 Å². The van der Waals surface area contributed by atoms with Gasteiger partial charge in [0.1, 0.15) is 11.5 Å². The third kappa shape index (κ3) is 4.72. The van der Waals surface area contributed by atoms with Crippen LogP contribution in [-0.4, -0.2) is 21.3 Å². The van der Waals surface area contributed by atoms with E-state index in [0.717, 1.165) is 76.5 Å². The van der Waals surface area contributed by atoms with Crippen LogP contribution < -0.4 is 10.6 Å². The Kier molecular flexibility index (Phi) is 6.36. The lowest BCUT2D eigenvalue weighted by atomic mass is 9.48. The fraction of sp³-hybridized carbons (Fsp3) is 0.657. The van der Waals surface area contributed by atoms with Gasteiger partial charge in [0.05, 0.1) is 0 Å². The van der Waals surface area contributed by atoms with Crippen LogP contribution in [0.3, 0.4) is 0 Å². The normalized spacial score (nSPS) is 40.7. The molecule has 0 aliphatic heterocycles. The summed E-state index contributed by atoms with van der Waals surface area (Å²) in [5, 5.41) is 29.4. The van der Waals surface area contributed by atoms with Crippen LogP contribution in [0.1, 0.15) is 87.3 Å². The van der Waals surface area contributed by atoms with Gasteiger partial charge in [-0.1, -0.05) is 34.1 Å². The van der Waals surface area contributed by atoms with Gasteiger partial charge in [-0.15, -0.1) is 0 Å². The summed E-state index contributed by atoms with van der Waals surface area (Å²) in [7, 11) is 0. The Labute approximate surface area is 247 Å². The van der Waals surface area contributed by atoms with Crippen LogP contribution in [0.4, 0.5) is 0 Å². The number of phenols is 2. The van der Waals surface area contributed by atoms with Crippen LogP contribution in [0.15, 0.2) is 40.9 Å². The first-order valence-electron chi connectivity index (χ1n) is 16.1. The number of benzene rings is 2.